The van der Waals surface area contributed by atoms with E-state index >= 15 is 0 Å². The van der Waals surface area contributed by atoms with Crippen molar-refractivity contribution in [3.8, 4) is 0 Å². The molecule has 2 saturated heterocycles. The number of anilines is 1. The predicted molar refractivity (Wildman–Crippen MR) is 121 cm³/mol. The molecule has 170 valence electrons. The fourth-order valence-electron chi connectivity index (χ4n) is 4.31. The highest BCUT2D eigenvalue weighted by Crippen LogP contribution is 2.20. The van der Waals surface area contributed by atoms with Crippen LogP contribution in [0.1, 0.15) is 32.1 Å². The molecule has 1 atom stereocenters. The van der Waals surface area contributed by atoms with Crippen LogP contribution in [0.25, 0.3) is 10.9 Å². The van der Waals surface area contributed by atoms with Crippen molar-refractivity contribution < 1.29 is 14.5 Å². The largest absolute Gasteiger partial charge is 0.361 e. The number of carbonyl (C=O) groups excluding carboxylic acids is 2. The number of carbonyl (C=O) groups is 2. The number of amides is 2. The van der Waals surface area contributed by atoms with Gasteiger partial charge >= 0.3 is 0 Å². The van der Waals surface area contributed by atoms with Crippen molar-refractivity contribution in [2.24, 2.45) is 4.99 Å². The summed E-state index contributed by atoms with van der Waals surface area (Å²) in [6.07, 6.45) is 5.88. The summed E-state index contributed by atoms with van der Waals surface area (Å²) in [5.74, 6) is -0.140. The zero-order valence-corrected chi connectivity index (χ0v) is 18.0. The molecule has 0 saturated carbocycles. The molecule has 2 aliphatic rings. The molecule has 2 N–H and O–H groups in total. The highest BCUT2D eigenvalue weighted by atomic mass is 16.6. The van der Waals surface area contributed by atoms with Crippen molar-refractivity contribution in [2.75, 3.05) is 38.0 Å². The summed E-state index contributed by atoms with van der Waals surface area (Å²) in [4.78, 5) is 47.5. The van der Waals surface area contributed by atoms with E-state index in [2.05, 4.69) is 15.3 Å². The Morgan fingerprint density at radius 3 is 2.75 bits per heavy atom. The van der Waals surface area contributed by atoms with Crippen molar-refractivity contribution in [3.63, 3.8) is 0 Å². The lowest BCUT2D eigenvalue weighted by molar-refractivity contribution is -0.463. The minimum atomic E-state index is -0.734. The normalized spacial score (nSPS) is 19.9. The van der Waals surface area contributed by atoms with Crippen molar-refractivity contribution in [1.29, 1.82) is 0 Å². The molecular formula is C22H28N6O4. The lowest BCUT2D eigenvalue weighted by atomic mass is 10.1. The number of aliphatic imine (C=N–C) groups is 1. The molecule has 10 heteroatoms. The monoisotopic (exact) mass is 440 g/mol. The SMILES string of the molecule is O=C(CN1CCCCC(N=C(C[N+](=O)[O-])Nc2ccc3[nH]ccc3c2)C1=O)N1CCCC1. The van der Waals surface area contributed by atoms with Gasteiger partial charge in [-0.05, 0) is 56.4 Å². The molecule has 0 bridgehead atoms. The smallest absolute Gasteiger partial charge is 0.260 e. The minimum Gasteiger partial charge on any atom is -0.361 e. The number of aromatic amines is 1. The van der Waals surface area contributed by atoms with Crippen LogP contribution < -0.4 is 5.32 Å². The number of likely N-dealkylation sites (tertiary alicyclic amines) is 2. The van der Waals surface area contributed by atoms with Crippen LogP contribution in [0, 0.1) is 10.1 Å². The summed E-state index contributed by atoms with van der Waals surface area (Å²) in [6.45, 7) is 1.52. The van der Waals surface area contributed by atoms with Crippen LogP contribution >= 0.6 is 0 Å². The molecule has 1 unspecified atom stereocenters. The van der Waals surface area contributed by atoms with Crippen molar-refractivity contribution in [1.82, 2.24) is 14.8 Å². The highest BCUT2D eigenvalue weighted by molar-refractivity contribution is 6.00. The second kappa shape index (κ2) is 9.80. The molecule has 4 rings (SSSR count). The molecule has 2 aromatic rings. The number of benzene rings is 1. The summed E-state index contributed by atoms with van der Waals surface area (Å²) in [5.41, 5.74) is 1.63. The Morgan fingerprint density at radius 1 is 1.19 bits per heavy atom. The number of nitrogens with zero attached hydrogens (tertiary/aromatic N) is 4. The molecule has 1 aromatic heterocycles. The van der Waals surface area contributed by atoms with E-state index in [0.717, 1.165) is 49.7 Å². The number of hydrogen-bond acceptors (Lipinski definition) is 5. The topological polar surface area (TPSA) is 124 Å². The Kier molecular flexibility index (Phi) is 6.67. The van der Waals surface area contributed by atoms with Gasteiger partial charge in [0.1, 0.15) is 6.04 Å². The van der Waals surface area contributed by atoms with Gasteiger partial charge in [0.15, 0.2) is 5.84 Å². The molecule has 3 heterocycles. The zero-order chi connectivity index (χ0) is 22.5. The minimum absolute atomic E-state index is 0.0380. The van der Waals surface area contributed by atoms with Gasteiger partial charge in [-0.25, -0.2) is 0 Å². The first kappa shape index (κ1) is 21.8. The standard InChI is InChI=1S/C22H28N6O4/c29-21(26-10-3-4-11-26)15-27-12-2-1-5-19(22(27)30)25-20(14-28(31)32)24-17-6-7-18-16(13-17)8-9-23-18/h6-9,13,19,23H,1-5,10-12,14-15H2,(H,24,25). The summed E-state index contributed by atoms with van der Waals surface area (Å²) in [7, 11) is 0. The molecule has 0 radical (unpaired) electrons. The Balaban J connectivity index is 1.51. The first-order valence-corrected chi connectivity index (χ1v) is 11.1. The van der Waals surface area contributed by atoms with Crippen LogP contribution in [0.4, 0.5) is 5.69 Å². The van der Waals surface area contributed by atoms with Gasteiger partial charge in [-0.3, -0.25) is 24.7 Å². The van der Waals surface area contributed by atoms with Crippen molar-refractivity contribution in [2.45, 2.75) is 38.1 Å². The highest BCUT2D eigenvalue weighted by Gasteiger charge is 2.30. The number of H-pyrrole nitrogens is 1. The van der Waals surface area contributed by atoms with Crippen LogP contribution in [0.2, 0.25) is 0 Å². The van der Waals surface area contributed by atoms with Crippen LogP contribution in [0.5, 0.6) is 0 Å². The lowest BCUT2D eigenvalue weighted by Crippen LogP contribution is -2.45. The molecule has 32 heavy (non-hydrogen) atoms. The maximum absolute atomic E-state index is 13.2. The fourth-order valence-corrected chi connectivity index (χ4v) is 4.31. The fraction of sp³-hybridized carbons (Fsp3) is 0.500. The van der Waals surface area contributed by atoms with E-state index in [1.54, 1.807) is 9.80 Å². The van der Waals surface area contributed by atoms with Gasteiger partial charge in [0, 0.05) is 47.3 Å². The van der Waals surface area contributed by atoms with Gasteiger partial charge in [0.2, 0.25) is 11.8 Å². The maximum atomic E-state index is 13.2. The molecule has 10 nitrogen and oxygen atoms in total. The van der Waals surface area contributed by atoms with E-state index in [1.165, 1.54) is 0 Å². The summed E-state index contributed by atoms with van der Waals surface area (Å²) in [6, 6.07) is 6.74. The van der Waals surface area contributed by atoms with Gasteiger partial charge in [0.25, 0.3) is 6.54 Å². The number of hydrogen-bond donors (Lipinski definition) is 2. The first-order valence-electron chi connectivity index (χ1n) is 11.1. The van der Waals surface area contributed by atoms with Crippen LogP contribution in [-0.2, 0) is 9.59 Å². The van der Waals surface area contributed by atoms with Crippen LogP contribution in [-0.4, -0.2) is 76.1 Å². The summed E-state index contributed by atoms with van der Waals surface area (Å²) >= 11 is 0. The lowest BCUT2D eigenvalue weighted by Gasteiger charge is -2.25. The Hall–Kier alpha value is -3.43. The van der Waals surface area contributed by atoms with Crippen molar-refractivity contribution >= 4 is 34.2 Å². The number of nitro groups is 1. The number of nitrogens with one attached hydrogen (secondary N) is 2. The van der Waals surface area contributed by atoms with Gasteiger partial charge in [-0.2, -0.15) is 0 Å². The molecule has 2 fully saturated rings. The average Bonchev–Trinajstić information content (AvgIpc) is 3.42. The third-order valence-corrected chi connectivity index (χ3v) is 5.97. The molecule has 2 amide bonds. The molecule has 0 spiro atoms. The van der Waals surface area contributed by atoms with Gasteiger partial charge in [-0.15, -0.1) is 0 Å². The third kappa shape index (κ3) is 5.24. The van der Waals surface area contributed by atoms with E-state index in [0.29, 0.717) is 18.7 Å². The number of amidine groups is 1. The summed E-state index contributed by atoms with van der Waals surface area (Å²) < 4.78 is 0. The van der Waals surface area contributed by atoms with E-state index in [-0.39, 0.29) is 24.2 Å². The quantitative estimate of drug-likeness (QED) is 0.309. The third-order valence-electron chi connectivity index (χ3n) is 5.97. The molecule has 1 aromatic carbocycles. The van der Waals surface area contributed by atoms with Crippen LogP contribution in [0.15, 0.2) is 35.5 Å². The molecule has 2 aliphatic heterocycles. The molecular weight excluding hydrogens is 412 g/mol. The number of fused-ring (bicyclic) bond motifs is 1. The summed E-state index contributed by atoms with van der Waals surface area (Å²) in [5, 5.41) is 15.2. The Morgan fingerprint density at radius 2 is 1.97 bits per heavy atom. The molecule has 0 aliphatic carbocycles. The van der Waals surface area contributed by atoms with Crippen molar-refractivity contribution in [3.05, 3.63) is 40.6 Å². The number of rotatable bonds is 6. The Bertz CT molecular complexity index is 1030. The predicted octanol–water partition coefficient (Wildman–Crippen LogP) is 2.26. The van der Waals surface area contributed by atoms with Gasteiger partial charge < -0.3 is 20.1 Å². The van der Waals surface area contributed by atoms with E-state index < -0.39 is 17.5 Å². The second-order valence-corrected chi connectivity index (χ2v) is 8.33. The number of aromatic nitrogens is 1. The van der Waals surface area contributed by atoms with E-state index in [1.807, 2.05) is 30.5 Å². The van der Waals surface area contributed by atoms with Gasteiger partial charge in [-0.1, -0.05) is 0 Å². The average molecular weight is 441 g/mol. The van der Waals surface area contributed by atoms with Crippen LogP contribution in [0.3, 0.4) is 0 Å². The van der Waals surface area contributed by atoms with E-state index in [9.17, 15) is 19.7 Å². The Labute approximate surface area is 185 Å². The van der Waals surface area contributed by atoms with Gasteiger partial charge in [0.05, 0.1) is 6.54 Å². The second-order valence-electron chi connectivity index (χ2n) is 8.33. The van der Waals surface area contributed by atoms with E-state index in [4.69, 9.17) is 0 Å². The first-order chi connectivity index (χ1) is 15.5. The zero-order valence-electron chi connectivity index (χ0n) is 18.0. The maximum Gasteiger partial charge on any atom is 0.260 e.